The Kier molecular flexibility index (Phi) is 3.12. The van der Waals surface area contributed by atoms with Gasteiger partial charge in [-0.05, 0) is 47.1 Å². The zero-order valence-electron chi connectivity index (χ0n) is 12.6. The fourth-order valence-corrected chi connectivity index (χ4v) is 3.66. The van der Waals surface area contributed by atoms with Crippen LogP contribution < -0.4 is 5.32 Å². The lowest BCUT2D eigenvalue weighted by Gasteiger charge is -2.29. The maximum atomic E-state index is 10.2. The van der Waals surface area contributed by atoms with Crippen LogP contribution in [0.2, 0.25) is 0 Å². The molecule has 0 spiro atoms. The highest BCUT2D eigenvalue weighted by Gasteiger charge is 2.24. The molecule has 4 rings (SSSR count). The molecule has 3 aromatic carbocycles. The molecule has 1 aliphatic heterocycles. The lowest BCUT2D eigenvalue weighted by Crippen LogP contribution is -2.31. The van der Waals surface area contributed by atoms with Gasteiger partial charge in [-0.1, -0.05) is 48.5 Å². The number of hydrogen-bond donors (Lipinski definition) is 2. The van der Waals surface area contributed by atoms with E-state index >= 15 is 0 Å². The molecule has 2 nitrogen and oxygen atoms in total. The Morgan fingerprint density at radius 3 is 2.59 bits per heavy atom. The largest absolute Gasteiger partial charge is 0.507 e. The summed E-state index contributed by atoms with van der Waals surface area (Å²) in [6, 6.07) is 18.8. The van der Waals surface area contributed by atoms with Crippen molar-refractivity contribution >= 4 is 10.8 Å². The number of fused-ring (bicyclic) bond motifs is 2. The third kappa shape index (κ3) is 1.99. The van der Waals surface area contributed by atoms with Crippen LogP contribution in [0.25, 0.3) is 10.8 Å². The summed E-state index contributed by atoms with van der Waals surface area (Å²) in [4.78, 5) is 0. The van der Waals surface area contributed by atoms with Crippen molar-refractivity contribution in [2.45, 2.75) is 19.4 Å². The molecular weight excluding hydrogens is 270 g/mol. The molecule has 22 heavy (non-hydrogen) atoms. The Balaban J connectivity index is 2.00. The molecule has 0 saturated heterocycles. The van der Waals surface area contributed by atoms with Crippen LogP contribution in [0.4, 0.5) is 0 Å². The first-order valence-electron chi connectivity index (χ1n) is 7.78. The highest BCUT2D eigenvalue weighted by atomic mass is 16.3. The van der Waals surface area contributed by atoms with Crippen LogP contribution in [0.5, 0.6) is 5.75 Å². The average Bonchev–Trinajstić information content (AvgIpc) is 2.55. The van der Waals surface area contributed by atoms with Gasteiger partial charge in [-0.15, -0.1) is 0 Å². The molecule has 0 amide bonds. The molecule has 1 unspecified atom stereocenters. The molecule has 0 saturated carbocycles. The van der Waals surface area contributed by atoms with Gasteiger partial charge >= 0.3 is 0 Å². The van der Waals surface area contributed by atoms with Gasteiger partial charge in [0.15, 0.2) is 0 Å². The monoisotopic (exact) mass is 289 g/mol. The van der Waals surface area contributed by atoms with Crippen LogP contribution in [0.1, 0.15) is 28.3 Å². The number of aryl methyl sites for hydroxylation is 1. The summed E-state index contributed by atoms with van der Waals surface area (Å²) < 4.78 is 0. The van der Waals surface area contributed by atoms with E-state index in [2.05, 4.69) is 42.6 Å². The van der Waals surface area contributed by atoms with Crippen molar-refractivity contribution in [3.05, 3.63) is 76.9 Å². The predicted octanol–water partition coefficient (Wildman–Crippen LogP) is 4.09. The van der Waals surface area contributed by atoms with Crippen molar-refractivity contribution in [1.82, 2.24) is 5.32 Å². The highest BCUT2D eigenvalue weighted by Crippen LogP contribution is 2.38. The number of aromatic hydroxyl groups is 1. The first kappa shape index (κ1) is 13.4. The second-order valence-corrected chi connectivity index (χ2v) is 6.01. The summed E-state index contributed by atoms with van der Waals surface area (Å²) in [6.45, 7) is 3.07. The maximum absolute atomic E-state index is 10.2. The van der Waals surface area contributed by atoms with Gasteiger partial charge in [-0.2, -0.15) is 0 Å². The van der Waals surface area contributed by atoms with Gasteiger partial charge < -0.3 is 10.4 Å². The van der Waals surface area contributed by atoms with E-state index in [9.17, 15) is 5.11 Å². The van der Waals surface area contributed by atoms with E-state index in [-0.39, 0.29) is 6.04 Å². The predicted molar refractivity (Wildman–Crippen MR) is 90.3 cm³/mol. The van der Waals surface area contributed by atoms with Gasteiger partial charge in [-0.25, -0.2) is 0 Å². The minimum Gasteiger partial charge on any atom is -0.507 e. The van der Waals surface area contributed by atoms with E-state index in [1.807, 2.05) is 24.3 Å². The Morgan fingerprint density at radius 1 is 1.00 bits per heavy atom. The number of nitrogens with one attached hydrogen (secondary N) is 1. The van der Waals surface area contributed by atoms with E-state index in [0.717, 1.165) is 29.3 Å². The molecule has 0 aromatic heterocycles. The van der Waals surface area contributed by atoms with Crippen LogP contribution in [0, 0.1) is 6.92 Å². The Labute approximate surface area is 130 Å². The van der Waals surface area contributed by atoms with Gasteiger partial charge in [0.1, 0.15) is 5.75 Å². The molecular formula is C20H19NO. The molecule has 110 valence electrons. The minimum absolute atomic E-state index is 0.190. The van der Waals surface area contributed by atoms with Crippen LogP contribution in [-0.2, 0) is 6.42 Å². The zero-order chi connectivity index (χ0) is 15.1. The quantitative estimate of drug-likeness (QED) is 0.707. The summed E-state index contributed by atoms with van der Waals surface area (Å²) in [5.74, 6) is 0.362. The number of phenols is 1. The molecule has 2 N–H and O–H groups in total. The maximum Gasteiger partial charge on any atom is 0.123 e. The van der Waals surface area contributed by atoms with E-state index in [0.29, 0.717) is 5.75 Å². The van der Waals surface area contributed by atoms with Crippen molar-refractivity contribution in [2.24, 2.45) is 0 Å². The van der Waals surface area contributed by atoms with Gasteiger partial charge in [0, 0.05) is 11.9 Å². The second kappa shape index (κ2) is 5.15. The van der Waals surface area contributed by atoms with Crippen molar-refractivity contribution in [1.29, 1.82) is 0 Å². The smallest absolute Gasteiger partial charge is 0.123 e. The van der Waals surface area contributed by atoms with Gasteiger partial charge in [0.2, 0.25) is 0 Å². The lowest BCUT2D eigenvalue weighted by molar-refractivity contribution is 0.480. The third-order valence-corrected chi connectivity index (χ3v) is 4.67. The Morgan fingerprint density at radius 2 is 1.73 bits per heavy atom. The van der Waals surface area contributed by atoms with Crippen LogP contribution in [0.15, 0.2) is 54.6 Å². The van der Waals surface area contributed by atoms with E-state index in [4.69, 9.17) is 0 Å². The first-order chi connectivity index (χ1) is 10.8. The second-order valence-electron chi connectivity index (χ2n) is 6.01. The van der Waals surface area contributed by atoms with Crippen molar-refractivity contribution in [2.75, 3.05) is 6.54 Å². The van der Waals surface area contributed by atoms with Crippen LogP contribution in [0.3, 0.4) is 0 Å². The molecule has 0 fully saturated rings. The fourth-order valence-electron chi connectivity index (χ4n) is 3.66. The summed E-state index contributed by atoms with van der Waals surface area (Å²) in [5.41, 5.74) is 5.18. The van der Waals surface area contributed by atoms with E-state index in [1.54, 1.807) is 0 Å². The highest BCUT2D eigenvalue weighted by molar-refractivity contribution is 5.92. The summed E-state index contributed by atoms with van der Waals surface area (Å²) in [6.07, 6.45) is 1.07. The normalized spacial score (nSPS) is 17.4. The molecule has 0 bridgehead atoms. The molecule has 1 atom stereocenters. The first-order valence-corrected chi connectivity index (χ1v) is 7.78. The number of rotatable bonds is 1. The number of benzene rings is 3. The standard InChI is InChI=1S/C20H19NO/c1-13-12-18(22)16-8-4-5-9-17(16)19(13)20-15-7-3-2-6-14(15)10-11-21-20/h2-9,12,20-22H,10-11H2,1H3. The number of hydrogen-bond acceptors (Lipinski definition) is 2. The molecule has 2 heteroatoms. The lowest BCUT2D eigenvalue weighted by atomic mass is 9.85. The average molecular weight is 289 g/mol. The van der Waals surface area contributed by atoms with Crippen LogP contribution in [-0.4, -0.2) is 11.7 Å². The zero-order valence-corrected chi connectivity index (χ0v) is 12.6. The van der Waals surface area contributed by atoms with Crippen molar-refractivity contribution < 1.29 is 5.11 Å². The number of phenolic OH excluding ortho intramolecular Hbond substituents is 1. The van der Waals surface area contributed by atoms with Crippen molar-refractivity contribution in [3.63, 3.8) is 0 Å². The molecule has 0 aliphatic carbocycles. The summed E-state index contributed by atoms with van der Waals surface area (Å²) in [7, 11) is 0. The minimum atomic E-state index is 0.190. The molecule has 0 radical (unpaired) electrons. The third-order valence-electron chi connectivity index (χ3n) is 4.67. The van der Waals surface area contributed by atoms with Gasteiger partial charge in [0.25, 0.3) is 0 Å². The van der Waals surface area contributed by atoms with Gasteiger partial charge in [0.05, 0.1) is 6.04 Å². The van der Waals surface area contributed by atoms with E-state index in [1.165, 1.54) is 16.7 Å². The molecule has 1 heterocycles. The van der Waals surface area contributed by atoms with Gasteiger partial charge in [-0.3, -0.25) is 0 Å². The van der Waals surface area contributed by atoms with Crippen LogP contribution >= 0.6 is 0 Å². The fraction of sp³-hybridized carbons (Fsp3) is 0.200. The summed E-state index contributed by atoms with van der Waals surface area (Å²) >= 11 is 0. The summed E-state index contributed by atoms with van der Waals surface area (Å²) in [5, 5.41) is 16.0. The SMILES string of the molecule is Cc1cc(O)c2ccccc2c1C1NCCc2ccccc21. The molecule has 3 aromatic rings. The van der Waals surface area contributed by atoms with E-state index < -0.39 is 0 Å². The molecule has 1 aliphatic rings. The van der Waals surface area contributed by atoms with Crippen molar-refractivity contribution in [3.8, 4) is 5.75 Å². The Bertz CT molecular complexity index is 853. The topological polar surface area (TPSA) is 32.3 Å². The Hall–Kier alpha value is -2.32.